The van der Waals surface area contributed by atoms with E-state index < -0.39 is 48.6 Å². The van der Waals surface area contributed by atoms with Gasteiger partial charge in [0, 0.05) is 9.75 Å². The molecule has 4 nitrogen and oxygen atoms in total. The predicted molar refractivity (Wildman–Crippen MR) is 92.1 cm³/mol. The Morgan fingerprint density at radius 1 is 0.700 bits per heavy atom. The summed E-state index contributed by atoms with van der Waals surface area (Å²) in [4.78, 5) is 23.3. The molecule has 0 unspecified atom stereocenters. The minimum absolute atomic E-state index is 0.215. The predicted octanol–water partition coefficient (Wildman–Crippen LogP) is 4.28. The molecule has 0 aliphatic carbocycles. The lowest BCUT2D eigenvalue weighted by Crippen LogP contribution is -2.68. The molecular formula is C16H12F8N2O2S2. The van der Waals surface area contributed by atoms with Crippen LogP contribution in [0.1, 0.15) is 9.75 Å². The zero-order chi connectivity index (χ0) is 22.8. The molecule has 30 heavy (non-hydrogen) atoms. The van der Waals surface area contributed by atoms with Crippen LogP contribution in [0.3, 0.4) is 0 Å². The van der Waals surface area contributed by atoms with Gasteiger partial charge in [0.1, 0.15) is 0 Å². The first kappa shape index (κ1) is 24.1. The van der Waals surface area contributed by atoms with E-state index in [0.717, 1.165) is 22.7 Å². The number of carbonyl (C=O) groups is 2. The van der Waals surface area contributed by atoms with E-state index in [-0.39, 0.29) is 9.75 Å². The molecular weight excluding hydrogens is 468 g/mol. The van der Waals surface area contributed by atoms with Crippen molar-refractivity contribution in [3.8, 4) is 0 Å². The highest BCUT2D eigenvalue weighted by Crippen LogP contribution is 2.52. The lowest BCUT2D eigenvalue weighted by molar-refractivity contribution is -0.347. The van der Waals surface area contributed by atoms with Gasteiger partial charge in [-0.3, -0.25) is 9.59 Å². The van der Waals surface area contributed by atoms with Gasteiger partial charge in [0.2, 0.25) is 0 Å². The number of alkyl halides is 8. The summed E-state index contributed by atoms with van der Waals surface area (Å²) in [6, 6.07) is 5.51. The largest absolute Gasteiger partial charge is 0.392 e. The molecule has 0 saturated heterocycles. The molecule has 2 rings (SSSR count). The molecule has 2 N–H and O–H groups in total. The summed E-state index contributed by atoms with van der Waals surface area (Å²) in [5.41, 5.74) is 0. The van der Waals surface area contributed by atoms with Crippen LogP contribution in [-0.4, -0.2) is 35.5 Å². The molecule has 2 amide bonds. The van der Waals surface area contributed by atoms with Crippen molar-refractivity contribution < 1.29 is 44.7 Å². The number of nitrogens with one attached hydrogen (secondary N) is 2. The van der Waals surface area contributed by atoms with Gasteiger partial charge in [-0.1, -0.05) is 12.1 Å². The van der Waals surface area contributed by atoms with Gasteiger partial charge < -0.3 is 10.6 Å². The third-order valence-corrected chi connectivity index (χ3v) is 5.51. The molecule has 2 aromatic rings. The fourth-order valence-corrected chi connectivity index (χ4v) is 3.35. The summed E-state index contributed by atoms with van der Waals surface area (Å²) >= 11 is 1.87. The Morgan fingerprint density at radius 3 is 1.30 bits per heavy atom. The van der Waals surface area contributed by atoms with Crippen molar-refractivity contribution in [2.24, 2.45) is 0 Å². The van der Waals surface area contributed by atoms with Gasteiger partial charge >= 0.3 is 23.7 Å². The fraction of sp³-hybridized carbons (Fsp3) is 0.375. The molecule has 0 aliphatic rings. The van der Waals surface area contributed by atoms with Crippen molar-refractivity contribution in [2.45, 2.75) is 36.8 Å². The van der Waals surface area contributed by atoms with Crippen molar-refractivity contribution in [3.63, 3.8) is 0 Å². The molecule has 0 radical (unpaired) electrons. The number of carbonyl (C=O) groups excluding carboxylic acids is 2. The smallest absolute Gasteiger partial charge is 0.346 e. The average Bonchev–Trinajstić information content (AvgIpc) is 3.37. The highest BCUT2D eigenvalue weighted by atomic mass is 32.1. The van der Waals surface area contributed by atoms with E-state index in [1.165, 1.54) is 45.7 Å². The van der Waals surface area contributed by atoms with Gasteiger partial charge in [-0.25, -0.2) is 0 Å². The van der Waals surface area contributed by atoms with Crippen molar-refractivity contribution in [1.29, 1.82) is 0 Å². The Hall–Kier alpha value is -2.22. The van der Waals surface area contributed by atoms with Crippen LogP contribution in [-0.2, 0) is 22.7 Å². The first-order chi connectivity index (χ1) is 13.7. The molecule has 14 heteroatoms. The maximum Gasteiger partial charge on any atom is 0.392 e. The zero-order valence-electron chi connectivity index (χ0n) is 14.5. The lowest BCUT2D eigenvalue weighted by Gasteiger charge is -2.35. The summed E-state index contributed by atoms with van der Waals surface area (Å²) in [6.07, 6.45) is 0. The molecule has 0 aliphatic heterocycles. The Bertz CT molecular complexity index is 798. The second-order valence-electron chi connectivity index (χ2n) is 5.82. The Labute approximate surface area is 171 Å². The maximum absolute atomic E-state index is 13.8. The van der Waals surface area contributed by atoms with Crippen LogP contribution in [0.2, 0.25) is 0 Å². The van der Waals surface area contributed by atoms with E-state index in [2.05, 4.69) is 0 Å². The first-order valence-corrected chi connectivity index (χ1v) is 9.63. The van der Waals surface area contributed by atoms with Crippen LogP contribution in [0.4, 0.5) is 35.1 Å². The van der Waals surface area contributed by atoms with Crippen molar-refractivity contribution in [2.75, 3.05) is 0 Å². The Balaban J connectivity index is 2.18. The van der Waals surface area contributed by atoms with E-state index in [4.69, 9.17) is 0 Å². The van der Waals surface area contributed by atoms with Crippen molar-refractivity contribution in [3.05, 3.63) is 44.8 Å². The third kappa shape index (κ3) is 4.29. The molecule has 2 aromatic heterocycles. The Kier molecular flexibility index (Phi) is 6.81. The van der Waals surface area contributed by atoms with E-state index >= 15 is 0 Å². The number of halogens is 8. The highest BCUT2D eigenvalue weighted by Gasteiger charge is 2.84. The monoisotopic (exact) mass is 480 g/mol. The average molecular weight is 480 g/mol. The van der Waals surface area contributed by atoms with Crippen LogP contribution in [0.25, 0.3) is 0 Å². The Morgan fingerprint density at radius 2 is 1.03 bits per heavy atom. The van der Waals surface area contributed by atoms with Crippen LogP contribution in [0, 0.1) is 0 Å². The van der Waals surface area contributed by atoms with E-state index in [1.807, 2.05) is 0 Å². The molecule has 0 saturated carbocycles. The SMILES string of the molecule is O=C(NCc1cccs1)C(F)(F)C(F)(F)C(F)(F)C(F)(F)C(=O)NCc1cccs1. The summed E-state index contributed by atoms with van der Waals surface area (Å²) in [7, 11) is 0. The number of hydrogen-bond donors (Lipinski definition) is 2. The maximum atomic E-state index is 13.8. The van der Waals surface area contributed by atoms with Crippen LogP contribution in [0.15, 0.2) is 35.0 Å². The number of thiophene rings is 2. The zero-order valence-corrected chi connectivity index (χ0v) is 16.2. The quantitative estimate of drug-likeness (QED) is 0.527. The van der Waals surface area contributed by atoms with Gasteiger partial charge in [0.25, 0.3) is 11.8 Å². The number of rotatable bonds is 9. The van der Waals surface area contributed by atoms with Crippen molar-refractivity contribution in [1.82, 2.24) is 10.6 Å². The normalized spacial score (nSPS) is 13.2. The van der Waals surface area contributed by atoms with Gasteiger partial charge in [-0.05, 0) is 22.9 Å². The summed E-state index contributed by atoms with van der Waals surface area (Å²) in [5, 5.41) is 5.50. The van der Waals surface area contributed by atoms with Gasteiger partial charge in [-0.2, -0.15) is 35.1 Å². The second-order valence-corrected chi connectivity index (χ2v) is 7.89. The molecule has 2 heterocycles. The first-order valence-electron chi connectivity index (χ1n) is 7.87. The molecule has 0 bridgehead atoms. The summed E-state index contributed by atoms with van der Waals surface area (Å²) < 4.78 is 111. The van der Waals surface area contributed by atoms with E-state index in [9.17, 15) is 44.7 Å². The fourth-order valence-electron chi connectivity index (χ4n) is 2.06. The molecule has 0 atom stereocenters. The summed E-state index contributed by atoms with van der Waals surface area (Å²) in [6.45, 7) is -1.43. The number of amides is 2. The van der Waals surface area contributed by atoms with Gasteiger partial charge in [-0.15, -0.1) is 22.7 Å². The summed E-state index contributed by atoms with van der Waals surface area (Å²) in [5.74, 6) is -32.0. The highest BCUT2D eigenvalue weighted by molar-refractivity contribution is 7.10. The lowest BCUT2D eigenvalue weighted by atomic mass is 9.97. The van der Waals surface area contributed by atoms with Crippen molar-refractivity contribution >= 4 is 34.5 Å². The van der Waals surface area contributed by atoms with Crippen LogP contribution >= 0.6 is 22.7 Å². The van der Waals surface area contributed by atoms with Crippen LogP contribution in [0.5, 0.6) is 0 Å². The molecule has 0 spiro atoms. The van der Waals surface area contributed by atoms with E-state index in [0.29, 0.717) is 0 Å². The van der Waals surface area contributed by atoms with Crippen LogP contribution < -0.4 is 10.6 Å². The minimum atomic E-state index is -6.89. The van der Waals surface area contributed by atoms with E-state index in [1.54, 1.807) is 0 Å². The van der Waals surface area contributed by atoms with Gasteiger partial charge in [0.15, 0.2) is 0 Å². The second kappa shape index (κ2) is 8.49. The number of hydrogen-bond acceptors (Lipinski definition) is 4. The third-order valence-electron chi connectivity index (χ3n) is 3.76. The van der Waals surface area contributed by atoms with Gasteiger partial charge in [0.05, 0.1) is 13.1 Å². The molecule has 0 aromatic carbocycles. The topological polar surface area (TPSA) is 58.2 Å². The molecule has 0 fully saturated rings. The minimum Gasteiger partial charge on any atom is -0.346 e. The standard InChI is InChI=1S/C16H12F8N2O2S2/c17-13(18,11(27)25-7-9-3-1-5-29-9)15(21,22)16(23,24)14(19,20)12(28)26-8-10-4-2-6-30-10/h1-6H,7-8H2,(H,25,27)(H,26,28). The molecule has 166 valence electrons.